The van der Waals surface area contributed by atoms with Crippen LogP contribution >= 0.6 is 15.9 Å². The van der Waals surface area contributed by atoms with Crippen LogP contribution < -0.4 is 0 Å². The number of aryl methyl sites for hydroxylation is 1. The smallest absolute Gasteiger partial charge is 0.124 e. The Morgan fingerprint density at radius 2 is 2.00 bits per heavy atom. The number of phenols is 1. The Morgan fingerprint density at radius 1 is 1.22 bits per heavy atom. The Balaban J connectivity index is 2.32. The second-order valence-electron chi connectivity index (χ2n) is 3.89. The molecule has 0 saturated heterocycles. The van der Waals surface area contributed by atoms with E-state index in [2.05, 4.69) is 20.9 Å². The van der Waals surface area contributed by atoms with Crippen LogP contribution in [0.5, 0.6) is 5.75 Å². The number of rotatable bonds is 2. The predicted octanol–water partition coefficient (Wildman–Crippen LogP) is 4.35. The maximum atomic E-state index is 12.9. The fourth-order valence-electron chi connectivity index (χ4n) is 1.53. The molecule has 0 fully saturated rings. The highest BCUT2D eigenvalue weighted by molar-refractivity contribution is 9.10. The molecule has 2 aromatic carbocycles. The number of benzene rings is 2. The van der Waals surface area contributed by atoms with Gasteiger partial charge in [0.2, 0.25) is 0 Å². The van der Waals surface area contributed by atoms with Crippen molar-refractivity contribution in [2.24, 2.45) is 4.99 Å². The minimum atomic E-state index is -0.281. The predicted molar refractivity (Wildman–Crippen MR) is 74.2 cm³/mol. The van der Waals surface area contributed by atoms with Crippen LogP contribution in [0.15, 0.2) is 45.9 Å². The third kappa shape index (κ3) is 2.96. The van der Waals surface area contributed by atoms with E-state index in [1.807, 2.05) is 0 Å². The summed E-state index contributed by atoms with van der Waals surface area (Å²) in [5.74, 6) is -0.126. The molecule has 1 N–H and O–H groups in total. The lowest BCUT2D eigenvalue weighted by Crippen LogP contribution is -1.84. The average molecular weight is 308 g/mol. The lowest BCUT2D eigenvalue weighted by Gasteiger charge is -2.01. The van der Waals surface area contributed by atoms with Crippen molar-refractivity contribution in [2.75, 3.05) is 0 Å². The van der Waals surface area contributed by atoms with Gasteiger partial charge in [-0.2, -0.15) is 0 Å². The molecule has 2 aromatic rings. The maximum absolute atomic E-state index is 12.9. The molecule has 0 aliphatic rings. The molecule has 0 bridgehead atoms. The van der Waals surface area contributed by atoms with Gasteiger partial charge in [0.15, 0.2) is 0 Å². The monoisotopic (exact) mass is 307 g/mol. The van der Waals surface area contributed by atoms with Crippen LogP contribution in [0.25, 0.3) is 0 Å². The summed E-state index contributed by atoms with van der Waals surface area (Å²) in [6.45, 7) is 1.79. The normalized spacial score (nSPS) is 11.1. The molecule has 4 heteroatoms. The molecule has 0 unspecified atom stereocenters. The average Bonchev–Trinajstić information content (AvgIpc) is 2.32. The van der Waals surface area contributed by atoms with Gasteiger partial charge in [-0.05, 0) is 48.9 Å². The molecule has 0 heterocycles. The zero-order valence-corrected chi connectivity index (χ0v) is 11.3. The molecule has 92 valence electrons. The SMILES string of the molecule is Cc1cc(F)ccc1N=Cc1cc(Br)ccc1O. The summed E-state index contributed by atoms with van der Waals surface area (Å²) in [6, 6.07) is 9.49. The maximum Gasteiger partial charge on any atom is 0.124 e. The third-order valence-electron chi connectivity index (χ3n) is 2.49. The van der Waals surface area contributed by atoms with Gasteiger partial charge in [-0.1, -0.05) is 15.9 Å². The number of aliphatic imine (C=N–C) groups is 1. The standard InChI is InChI=1S/C14H11BrFNO/c1-9-6-12(16)3-4-13(9)17-8-10-7-11(15)2-5-14(10)18/h2-8,18H,1H3. The number of hydrogen-bond donors (Lipinski definition) is 1. The van der Waals surface area contributed by atoms with E-state index in [9.17, 15) is 9.50 Å². The Labute approximate surface area is 113 Å². The minimum Gasteiger partial charge on any atom is -0.507 e. The molecule has 0 amide bonds. The Kier molecular flexibility index (Phi) is 3.77. The molecule has 18 heavy (non-hydrogen) atoms. The van der Waals surface area contributed by atoms with Crippen molar-refractivity contribution in [3.05, 3.63) is 57.8 Å². The summed E-state index contributed by atoms with van der Waals surface area (Å²) < 4.78 is 13.8. The van der Waals surface area contributed by atoms with Gasteiger partial charge in [0, 0.05) is 16.3 Å². The van der Waals surface area contributed by atoms with E-state index in [1.54, 1.807) is 37.4 Å². The molecule has 0 aromatic heterocycles. The molecule has 0 saturated carbocycles. The Hall–Kier alpha value is -1.68. The van der Waals surface area contributed by atoms with E-state index in [0.717, 1.165) is 10.0 Å². The molecular formula is C14H11BrFNO. The van der Waals surface area contributed by atoms with Crippen molar-refractivity contribution < 1.29 is 9.50 Å². The second kappa shape index (κ2) is 5.31. The summed E-state index contributed by atoms with van der Waals surface area (Å²) >= 11 is 3.32. The van der Waals surface area contributed by atoms with Gasteiger partial charge < -0.3 is 5.11 Å². The number of nitrogens with zero attached hydrogens (tertiary/aromatic N) is 1. The summed E-state index contributed by atoms with van der Waals surface area (Å²) in [4.78, 5) is 4.25. The largest absolute Gasteiger partial charge is 0.507 e. The zero-order valence-electron chi connectivity index (χ0n) is 9.69. The lowest BCUT2D eigenvalue weighted by atomic mass is 10.2. The van der Waals surface area contributed by atoms with Gasteiger partial charge in [0.05, 0.1) is 5.69 Å². The number of halogens is 2. The van der Waals surface area contributed by atoms with Gasteiger partial charge >= 0.3 is 0 Å². The van der Waals surface area contributed by atoms with Gasteiger partial charge in [0.1, 0.15) is 11.6 Å². The van der Waals surface area contributed by atoms with E-state index in [1.165, 1.54) is 12.1 Å². The highest BCUT2D eigenvalue weighted by Crippen LogP contribution is 2.23. The van der Waals surface area contributed by atoms with Crippen molar-refractivity contribution in [1.29, 1.82) is 0 Å². The first-order chi connectivity index (χ1) is 8.56. The highest BCUT2D eigenvalue weighted by Gasteiger charge is 2.00. The van der Waals surface area contributed by atoms with E-state index in [0.29, 0.717) is 11.3 Å². The Bertz CT molecular complexity index is 611. The first kappa shape index (κ1) is 12.8. The van der Waals surface area contributed by atoms with Crippen LogP contribution in [0.3, 0.4) is 0 Å². The first-order valence-electron chi connectivity index (χ1n) is 5.35. The van der Waals surface area contributed by atoms with Crippen molar-refractivity contribution >= 4 is 27.8 Å². The van der Waals surface area contributed by atoms with E-state index >= 15 is 0 Å². The number of hydrogen-bond acceptors (Lipinski definition) is 2. The topological polar surface area (TPSA) is 32.6 Å². The van der Waals surface area contributed by atoms with Crippen LogP contribution in [-0.4, -0.2) is 11.3 Å². The number of aromatic hydroxyl groups is 1. The zero-order chi connectivity index (χ0) is 13.1. The lowest BCUT2D eigenvalue weighted by molar-refractivity contribution is 0.474. The fraction of sp³-hybridized carbons (Fsp3) is 0.0714. The first-order valence-corrected chi connectivity index (χ1v) is 6.14. The molecule has 2 rings (SSSR count). The summed E-state index contributed by atoms with van der Waals surface area (Å²) in [7, 11) is 0. The fourth-order valence-corrected chi connectivity index (χ4v) is 1.91. The van der Waals surface area contributed by atoms with Gasteiger partial charge in [-0.15, -0.1) is 0 Å². The van der Waals surface area contributed by atoms with Gasteiger partial charge in [-0.3, -0.25) is 4.99 Å². The van der Waals surface area contributed by atoms with Crippen LogP contribution in [0.4, 0.5) is 10.1 Å². The highest BCUT2D eigenvalue weighted by atomic mass is 79.9. The molecule has 0 aliphatic heterocycles. The van der Waals surface area contributed by atoms with Crippen LogP contribution in [0.2, 0.25) is 0 Å². The van der Waals surface area contributed by atoms with Crippen LogP contribution in [0, 0.1) is 12.7 Å². The quantitative estimate of drug-likeness (QED) is 0.822. The molecular weight excluding hydrogens is 297 g/mol. The van der Waals surface area contributed by atoms with Crippen LogP contribution in [-0.2, 0) is 0 Å². The number of phenolic OH excluding ortho intramolecular Hbond substituents is 1. The van der Waals surface area contributed by atoms with Gasteiger partial charge in [0.25, 0.3) is 0 Å². The van der Waals surface area contributed by atoms with Crippen molar-refractivity contribution in [1.82, 2.24) is 0 Å². The van der Waals surface area contributed by atoms with Crippen molar-refractivity contribution in [2.45, 2.75) is 6.92 Å². The van der Waals surface area contributed by atoms with E-state index in [-0.39, 0.29) is 11.6 Å². The Morgan fingerprint density at radius 3 is 2.72 bits per heavy atom. The summed E-state index contributed by atoms with van der Waals surface area (Å²) in [5.41, 5.74) is 2.03. The van der Waals surface area contributed by atoms with Gasteiger partial charge in [-0.25, -0.2) is 4.39 Å². The second-order valence-corrected chi connectivity index (χ2v) is 4.81. The van der Waals surface area contributed by atoms with Crippen molar-refractivity contribution in [3.8, 4) is 5.75 Å². The molecule has 0 radical (unpaired) electrons. The molecule has 0 atom stereocenters. The van der Waals surface area contributed by atoms with E-state index < -0.39 is 0 Å². The summed E-state index contributed by atoms with van der Waals surface area (Å²) in [5, 5.41) is 9.65. The van der Waals surface area contributed by atoms with Crippen LogP contribution in [0.1, 0.15) is 11.1 Å². The molecule has 0 aliphatic carbocycles. The van der Waals surface area contributed by atoms with Crippen molar-refractivity contribution in [3.63, 3.8) is 0 Å². The van der Waals surface area contributed by atoms with E-state index in [4.69, 9.17) is 0 Å². The molecule has 2 nitrogen and oxygen atoms in total. The summed E-state index contributed by atoms with van der Waals surface area (Å²) in [6.07, 6.45) is 1.56. The minimum absolute atomic E-state index is 0.154. The third-order valence-corrected chi connectivity index (χ3v) is 2.98. The molecule has 0 spiro atoms.